The number of amides is 1. The lowest BCUT2D eigenvalue weighted by Gasteiger charge is -2.12. The number of furan rings is 1. The highest BCUT2D eigenvalue weighted by Crippen LogP contribution is 2.33. The van der Waals surface area contributed by atoms with Gasteiger partial charge in [-0.2, -0.15) is 13.2 Å². The third kappa shape index (κ3) is 3.48. The van der Waals surface area contributed by atoms with E-state index >= 15 is 0 Å². The summed E-state index contributed by atoms with van der Waals surface area (Å²) in [4.78, 5) is 12.3. The fraction of sp³-hybridized carbons (Fsp3) is 0.214. The summed E-state index contributed by atoms with van der Waals surface area (Å²) in [6, 6.07) is 3.19. The van der Waals surface area contributed by atoms with Crippen LogP contribution < -0.4 is 5.32 Å². The van der Waals surface area contributed by atoms with E-state index in [2.05, 4.69) is 21.2 Å². The molecular formula is C14H10BrF3INO2. The van der Waals surface area contributed by atoms with Gasteiger partial charge in [0.1, 0.15) is 11.5 Å². The minimum atomic E-state index is -4.47. The number of hydrogen-bond acceptors (Lipinski definition) is 2. The van der Waals surface area contributed by atoms with Gasteiger partial charge in [0.15, 0.2) is 0 Å². The number of anilines is 1. The van der Waals surface area contributed by atoms with Crippen molar-refractivity contribution in [2.24, 2.45) is 0 Å². The first-order valence-electron chi connectivity index (χ1n) is 6.05. The van der Waals surface area contributed by atoms with Crippen LogP contribution in [0.1, 0.15) is 27.4 Å². The predicted molar refractivity (Wildman–Crippen MR) is 88.0 cm³/mol. The lowest BCUT2D eigenvalue weighted by Crippen LogP contribution is -2.15. The highest BCUT2D eigenvalue weighted by molar-refractivity contribution is 14.1. The van der Waals surface area contributed by atoms with Crippen LogP contribution in [0.5, 0.6) is 0 Å². The van der Waals surface area contributed by atoms with E-state index < -0.39 is 17.6 Å². The normalized spacial score (nSPS) is 11.6. The van der Waals surface area contributed by atoms with Crippen molar-refractivity contribution in [1.82, 2.24) is 0 Å². The number of hydrogen-bond donors (Lipinski definition) is 1. The smallest absolute Gasteiger partial charge is 0.416 e. The van der Waals surface area contributed by atoms with Crippen molar-refractivity contribution in [3.05, 3.63) is 48.9 Å². The van der Waals surface area contributed by atoms with Crippen molar-refractivity contribution in [3.8, 4) is 0 Å². The van der Waals surface area contributed by atoms with Gasteiger partial charge in [-0.25, -0.2) is 0 Å². The lowest BCUT2D eigenvalue weighted by atomic mass is 10.1. The molecule has 1 aromatic carbocycles. The number of halogens is 5. The van der Waals surface area contributed by atoms with E-state index in [1.54, 1.807) is 13.8 Å². The molecule has 0 unspecified atom stereocenters. The van der Waals surface area contributed by atoms with Crippen molar-refractivity contribution >= 4 is 50.1 Å². The first-order chi connectivity index (χ1) is 10.1. The minimum absolute atomic E-state index is 0.102. The maximum Gasteiger partial charge on any atom is 0.416 e. The van der Waals surface area contributed by atoms with Crippen molar-refractivity contribution < 1.29 is 22.4 Å². The van der Waals surface area contributed by atoms with Gasteiger partial charge in [-0.1, -0.05) is 0 Å². The van der Waals surface area contributed by atoms with E-state index in [0.29, 0.717) is 19.6 Å². The summed E-state index contributed by atoms with van der Waals surface area (Å²) < 4.78 is 44.6. The van der Waals surface area contributed by atoms with E-state index in [1.165, 1.54) is 6.07 Å². The molecule has 1 aromatic heterocycles. The van der Waals surface area contributed by atoms with Crippen LogP contribution in [0.4, 0.5) is 18.9 Å². The van der Waals surface area contributed by atoms with Crippen LogP contribution in [0.15, 0.2) is 27.1 Å². The Labute approximate surface area is 146 Å². The second-order valence-corrected chi connectivity index (χ2v) is 6.51. The molecule has 0 saturated heterocycles. The molecule has 118 valence electrons. The molecule has 1 heterocycles. The molecule has 2 rings (SSSR count). The second kappa shape index (κ2) is 6.23. The maximum atomic E-state index is 12.8. The summed E-state index contributed by atoms with van der Waals surface area (Å²) in [5, 5.41) is 2.50. The largest absolute Gasteiger partial charge is 0.465 e. The van der Waals surface area contributed by atoms with E-state index in [-0.39, 0.29) is 11.3 Å². The van der Waals surface area contributed by atoms with Gasteiger partial charge in [-0.15, -0.1) is 0 Å². The fourth-order valence-corrected chi connectivity index (χ4v) is 2.91. The van der Waals surface area contributed by atoms with E-state index in [1.807, 2.05) is 22.6 Å². The molecule has 0 bridgehead atoms. The molecule has 0 aliphatic rings. The van der Waals surface area contributed by atoms with Crippen LogP contribution in [0.25, 0.3) is 0 Å². The first-order valence-corrected chi connectivity index (χ1v) is 7.92. The summed E-state index contributed by atoms with van der Waals surface area (Å²) in [6.45, 7) is 3.30. The molecule has 22 heavy (non-hydrogen) atoms. The van der Waals surface area contributed by atoms with Gasteiger partial charge in [-0.3, -0.25) is 4.79 Å². The van der Waals surface area contributed by atoms with Gasteiger partial charge in [0.2, 0.25) is 0 Å². The molecule has 0 spiro atoms. The third-order valence-electron chi connectivity index (χ3n) is 2.96. The van der Waals surface area contributed by atoms with Crippen molar-refractivity contribution in [3.63, 3.8) is 0 Å². The number of nitrogens with one attached hydrogen (secondary N) is 1. The van der Waals surface area contributed by atoms with Gasteiger partial charge < -0.3 is 9.73 Å². The average Bonchev–Trinajstić information content (AvgIpc) is 2.64. The Balaban J connectivity index is 2.36. The van der Waals surface area contributed by atoms with Gasteiger partial charge in [-0.05, 0) is 70.6 Å². The Bertz CT molecular complexity index is 740. The monoisotopic (exact) mass is 487 g/mol. The summed E-state index contributed by atoms with van der Waals surface area (Å²) >= 11 is 5.11. The van der Waals surface area contributed by atoms with Crippen LogP contribution in [0, 0.1) is 17.4 Å². The molecule has 1 N–H and O–H groups in total. The third-order valence-corrected chi connectivity index (χ3v) is 4.85. The van der Waals surface area contributed by atoms with Gasteiger partial charge in [0.05, 0.1) is 21.3 Å². The molecular weight excluding hydrogens is 478 g/mol. The van der Waals surface area contributed by atoms with Crippen LogP contribution in [-0.4, -0.2) is 5.91 Å². The van der Waals surface area contributed by atoms with Crippen LogP contribution >= 0.6 is 38.5 Å². The minimum Gasteiger partial charge on any atom is -0.465 e. The molecule has 0 fully saturated rings. The summed E-state index contributed by atoms with van der Waals surface area (Å²) in [5.41, 5.74) is -0.446. The van der Waals surface area contributed by atoms with E-state index in [4.69, 9.17) is 4.42 Å². The molecule has 0 aliphatic heterocycles. The zero-order chi connectivity index (χ0) is 16.7. The Hall–Kier alpha value is -1.03. The number of alkyl halides is 3. The summed E-state index contributed by atoms with van der Waals surface area (Å²) in [6.07, 6.45) is -4.47. The zero-order valence-electron chi connectivity index (χ0n) is 11.4. The Morgan fingerprint density at radius 3 is 2.41 bits per heavy atom. The van der Waals surface area contributed by atoms with Crippen molar-refractivity contribution in [1.29, 1.82) is 0 Å². The number of benzene rings is 1. The van der Waals surface area contributed by atoms with E-state index in [9.17, 15) is 18.0 Å². The highest BCUT2D eigenvalue weighted by atomic mass is 127. The zero-order valence-corrected chi connectivity index (χ0v) is 15.2. The molecule has 2 aromatic rings. The standard InChI is InChI=1S/C14H10BrF3INO2/c1-6-11(12(15)7(2)22-6)13(21)20-10-5-8(14(16,17)18)3-4-9(10)19/h3-5H,1-2H3,(H,20,21). The lowest BCUT2D eigenvalue weighted by molar-refractivity contribution is -0.137. The second-order valence-electron chi connectivity index (χ2n) is 4.55. The van der Waals surface area contributed by atoms with Crippen LogP contribution in [0.2, 0.25) is 0 Å². The molecule has 0 radical (unpaired) electrons. The number of rotatable bonds is 2. The summed E-state index contributed by atoms with van der Waals surface area (Å²) in [7, 11) is 0. The number of aryl methyl sites for hydroxylation is 2. The van der Waals surface area contributed by atoms with E-state index in [0.717, 1.165) is 12.1 Å². The number of carbonyl (C=O) groups is 1. The molecule has 3 nitrogen and oxygen atoms in total. The molecule has 0 saturated carbocycles. The summed E-state index contributed by atoms with van der Waals surface area (Å²) in [5.74, 6) is 0.392. The van der Waals surface area contributed by atoms with Gasteiger partial charge in [0, 0.05) is 3.57 Å². The molecule has 1 amide bonds. The van der Waals surface area contributed by atoms with Crippen LogP contribution in [-0.2, 0) is 6.18 Å². The van der Waals surface area contributed by atoms with Gasteiger partial charge in [0.25, 0.3) is 5.91 Å². The highest BCUT2D eigenvalue weighted by Gasteiger charge is 2.31. The molecule has 0 aliphatic carbocycles. The topological polar surface area (TPSA) is 42.2 Å². The fourth-order valence-electron chi connectivity index (χ4n) is 1.90. The van der Waals surface area contributed by atoms with Crippen molar-refractivity contribution in [2.45, 2.75) is 20.0 Å². The number of carbonyl (C=O) groups excluding carboxylic acids is 1. The quantitative estimate of drug-likeness (QED) is 0.565. The van der Waals surface area contributed by atoms with Crippen molar-refractivity contribution in [2.75, 3.05) is 5.32 Å². The molecule has 8 heteroatoms. The maximum absolute atomic E-state index is 12.8. The Morgan fingerprint density at radius 1 is 1.27 bits per heavy atom. The molecule has 0 atom stereocenters. The first kappa shape index (κ1) is 17.3. The predicted octanol–water partition coefficient (Wildman–Crippen LogP) is 5.53. The average molecular weight is 488 g/mol. The Kier molecular flexibility index (Phi) is 4.90. The SMILES string of the molecule is Cc1oc(C)c(C(=O)Nc2cc(C(F)(F)F)ccc2I)c1Br. The van der Waals surface area contributed by atoms with Crippen LogP contribution in [0.3, 0.4) is 0 Å². The van der Waals surface area contributed by atoms with Gasteiger partial charge >= 0.3 is 6.18 Å². The Morgan fingerprint density at radius 2 is 1.91 bits per heavy atom.